The molecule has 7 heteroatoms. The number of amides is 4. The predicted octanol–water partition coefficient (Wildman–Crippen LogP) is 3.44. The molecule has 146 valence electrons. The summed E-state index contributed by atoms with van der Waals surface area (Å²) in [6, 6.07) is 7.24. The van der Waals surface area contributed by atoms with Gasteiger partial charge in [0.15, 0.2) is 0 Å². The molecule has 0 atom stereocenters. The number of carbonyl (C=O) groups excluding carboxylic acids is 3. The predicted molar refractivity (Wildman–Crippen MR) is 106 cm³/mol. The first-order valence-corrected chi connectivity index (χ1v) is 10.3. The van der Waals surface area contributed by atoms with E-state index < -0.39 is 11.6 Å². The second kappa shape index (κ2) is 8.42. The van der Waals surface area contributed by atoms with E-state index in [1.807, 2.05) is 24.3 Å². The molecular weight excluding hydrogens is 410 g/mol. The highest BCUT2D eigenvalue weighted by molar-refractivity contribution is 9.10. The standard InChI is InChI=1S/C20H26BrN3O3/c1-23(13-15-9-5-6-10-16(15)21)17(25)14-24-18(26)20(22-19(24)27)11-7-3-2-4-8-12-20/h5-6,9-10H,2-4,7-8,11-14H2,1H3,(H,22,27). The van der Waals surface area contributed by atoms with Crippen LogP contribution in [0.4, 0.5) is 4.79 Å². The van der Waals surface area contributed by atoms with Crippen LogP contribution in [0.15, 0.2) is 28.7 Å². The summed E-state index contributed by atoms with van der Waals surface area (Å²) in [7, 11) is 1.69. The van der Waals surface area contributed by atoms with Crippen LogP contribution in [-0.4, -0.2) is 46.8 Å². The number of rotatable bonds is 4. The maximum atomic E-state index is 13.0. The number of nitrogens with zero attached hydrogens (tertiary/aromatic N) is 2. The SMILES string of the molecule is CN(Cc1ccccc1Br)C(=O)CN1C(=O)NC2(CCCCCCC2)C1=O. The van der Waals surface area contributed by atoms with Crippen LogP contribution in [0.1, 0.15) is 50.5 Å². The Bertz CT molecular complexity index is 729. The Balaban J connectivity index is 1.65. The molecule has 1 aliphatic heterocycles. The lowest BCUT2D eigenvalue weighted by molar-refractivity contribution is -0.139. The summed E-state index contributed by atoms with van der Waals surface area (Å²) in [6.45, 7) is 0.197. The first-order chi connectivity index (χ1) is 12.9. The van der Waals surface area contributed by atoms with E-state index in [9.17, 15) is 14.4 Å². The van der Waals surface area contributed by atoms with E-state index in [0.717, 1.165) is 40.6 Å². The topological polar surface area (TPSA) is 69.7 Å². The summed E-state index contributed by atoms with van der Waals surface area (Å²) in [5.41, 5.74) is 0.167. The maximum Gasteiger partial charge on any atom is 0.325 e. The molecule has 0 unspecified atom stereocenters. The summed E-state index contributed by atoms with van der Waals surface area (Å²) < 4.78 is 0.924. The fraction of sp³-hybridized carbons (Fsp3) is 0.550. The minimum Gasteiger partial charge on any atom is -0.340 e. The number of halogens is 1. The molecule has 2 fully saturated rings. The van der Waals surface area contributed by atoms with Gasteiger partial charge in [-0.1, -0.05) is 66.2 Å². The fourth-order valence-corrected chi connectivity index (χ4v) is 4.30. The molecule has 0 aromatic heterocycles. The van der Waals surface area contributed by atoms with Crippen molar-refractivity contribution in [2.45, 2.75) is 57.0 Å². The molecule has 0 bridgehead atoms. The van der Waals surface area contributed by atoms with Gasteiger partial charge in [0.2, 0.25) is 5.91 Å². The van der Waals surface area contributed by atoms with Crippen LogP contribution in [-0.2, 0) is 16.1 Å². The number of urea groups is 1. The van der Waals surface area contributed by atoms with Crippen molar-refractivity contribution in [3.05, 3.63) is 34.3 Å². The van der Waals surface area contributed by atoms with E-state index in [4.69, 9.17) is 0 Å². The molecule has 0 radical (unpaired) electrons. The van der Waals surface area contributed by atoms with Crippen LogP contribution in [0.25, 0.3) is 0 Å². The van der Waals surface area contributed by atoms with E-state index in [0.29, 0.717) is 19.4 Å². The van der Waals surface area contributed by atoms with Crippen LogP contribution in [0.2, 0.25) is 0 Å². The second-order valence-corrected chi connectivity index (χ2v) is 8.37. The Morgan fingerprint density at radius 2 is 1.78 bits per heavy atom. The molecule has 4 amide bonds. The van der Waals surface area contributed by atoms with Crippen molar-refractivity contribution >= 4 is 33.8 Å². The van der Waals surface area contributed by atoms with Crippen LogP contribution in [0, 0.1) is 0 Å². The van der Waals surface area contributed by atoms with E-state index in [-0.39, 0.29) is 18.4 Å². The minimum absolute atomic E-state index is 0.215. The van der Waals surface area contributed by atoms with Gasteiger partial charge in [-0.15, -0.1) is 0 Å². The lowest BCUT2D eigenvalue weighted by Gasteiger charge is -2.28. The molecule has 1 N–H and O–H groups in total. The van der Waals surface area contributed by atoms with E-state index in [1.165, 1.54) is 6.42 Å². The van der Waals surface area contributed by atoms with Gasteiger partial charge in [0.05, 0.1) is 0 Å². The van der Waals surface area contributed by atoms with Gasteiger partial charge in [-0.2, -0.15) is 0 Å². The molecule has 27 heavy (non-hydrogen) atoms. The van der Waals surface area contributed by atoms with Crippen molar-refractivity contribution in [3.8, 4) is 0 Å². The Labute approximate surface area is 168 Å². The van der Waals surface area contributed by atoms with Crippen molar-refractivity contribution in [3.63, 3.8) is 0 Å². The molecule has 1 aromatic rings. The number of hydrogen-bond donors (Lipinski definition) is 1. The minimum atomic E-state index is -0.807. The van der Waals surface area contributed by atoms with Crippen LogP contribution >= 0.6 is 15.9 Å². The quantitative estimate of drug-likeness (QED) is 0.736. The number of imide groups is 1. The van der Waals surface area contributed by atoms with Crippen LogP contribution in [0.3, 0.4) is 0 Å². The zero-order chi connectivity index (χ0) is 19.4. The summed E-state index contributed by atoms with van der Waals surface area (Å²) in [5, 5.41) is 2.90. The Morgan fingerprint density at radius 1 is 1.15 bits per heavy atom. The molecule has 3 rings (SSSR count). The van der Waals surface area contributed by atoms with Gasteiger partial charge < -0.3 is 10.2 Å². The van der Waals surface area contributed by atoms with Gasteiger partial charge in [-0.05, 0) is 24.5 Å². The van der Waals surface area contributed by atoms with Crippen molar-refractivity contribution in [2.75, 3.05) is 13.6 Å². The van der Waals surface area contributed by atoms with Crippen LogP contribution < -0.4 is 5.32 Å². The summed E-state index contributed by atoms with van der Waals surface area (Å²) in [5.74, 6) is -0.491. The second-order valence-electron chi connectivity index (χ2n) is 7.51. The molecule has 2 aliphatic rings. The molecule has 6 nitrogen and oxygen atoms in total. The third kappa shape index (κ3) is 4.34. The Morgan fingerprint density at radius 3 is 2.44 bits per heavy atom. The average molecular weight is 436 g/mol. The molecule has 1 saturated heterocycles. The summed E-state index contributed by atoms with van der Waals surface area (Å²) in [6.07, 6.45) is 6.52. The maximum absolute atomic E-state index is 13.0. The molecule has 1 heterocycles. The Hall–Kier alpha value is -1.89. The summed E-state index contributed by atoms with van der Waals surface area (Å²) >= 11 is 3.48. The molecule has 1 spiro atoms. The Kier molecular flexibility index (Phi) is 6.19. The molecular formula is C20H26BrN3O3. The molecule has 1 aliphatic carbocycles. The highest BCUT2D eigenvalue weighted by Crippen LogP contribution is 2.32. The number of carbonyl (C=O) groups is 3. The van der Waals surface area contributed by atoms with E-state index >= 15 is 0 Å². The lowest BCUT2D eigenvalue weighted by atomic mass is 9.84. The number of hydrogen-bond acceptors (Lipinski definition) is 3. The van der Waals surface area contributed by atoms with Crippen molar-refractivity contribution in [1.82, 2.24) is 15.1 Å². The van der Waals surface area contributed by atoms with Gasteiger partial charge in [-0.25, -0.2) is 4.79 Å². The first-order valence-electron chi connectivity index (χ1n) is 9.54. The first kappa shape index (κ1) is 19.9. The van der Waals surface area contributed by atoms with Gasteiger partial charge in [-0.3, -0.25) is 14.5 Å². The lowest BCUT2D eigenvalue weighted by Crippen LogP contribution is -2.48. The summed E-state index contributed by atoms with van der Waals surface area (Å²) in [4.78, 5) is 40.7. The smallest absolute Gasteiger partial charge is 0.325 e. The van der Waals surface area contributed by atoms with E-state index in [1.54, 1.807) is 11.9 Å². The van der Waals surface area contributed by atoms with Crippen molar-refractivity contribution in [1.29, 1.82) is 0 Å². The van der Waals surface area contributed by atoms with Crippen molar-refractivity contribution < 1.29 is 14.4 Å². The fourth-order valence-electron chi connectivity index (χ4n) is 3.89. The largest absolute Gasteiger partial charge is 0.340 e. The van der Waals surface area contributed by atoms with Gasteiger partial charge >= 0.3 is 6.03 Å². The third-order valence-corrected chi connectivity index (χ3v) is 6.31. The van der Waals surface area contributed by atoms with Crippen LogP contribution in [0.5, 0.6) is 0 Å². The zero-order valence-electron chi connectivity index (χ0n) is 15.7. The molecule has 1 aromatic carbocycles. The average Bonchev–Trinajstić information content (AvgIpc) is 2.85. The number of benzene rings is 1. The monoisotopic (exact) mass is 435 g/mol. The van der Waals surface area contributed by atoms with Gasteiger partial charge in [0, 0.05) is 18.1 Å². The number of nitrogens with one attached hydrogen (secondary N) is 1. The zero-order valence-corrected chi connectivity index (χ0v) is 17.3. The highest BCUT2D eigenvalue weighted by Gasteiger charge is 2.50. The highest BCUT2D eigenvalue weighted by atomic mass is 79.9. The van der Waals surface area contributed by atoms with E-state index in [2.05, 4.69) is 21.2 Å². The van der Waals surface area contributed by atoms with Gasteiger partial charge in [0.25, 0.3) is 5.91 Å². The third-order valence-electron chi connectivity index (χ3n) is 5.54. The van der Waals surface area contributed by atoms with Crippen molar-refractivity contribution in [2.24, 2.45) is 0 Å². The van der Waals surface area contributed by atoms with Gasteiger partial charge in [0.1, 0.15) is 12.1 Å². The normalized spacial score (nSPS) is 19.6. The number of likely N-dealkylation sites (N-methyl/N-ethyl adjacent to an activating group) is 1. The molecule has 1 saturated carbocycles.